The minimum atomic E-state index is -4.87. The van der Waals surface area contributed by atoms with Crippen molar-refractivity contribution in [1.29, 1.82) is 0 Å². The normalized spacial score (nSPS) is 11.2. The van der Waals surface area contributed by atoms with Gasteiger partial charge in [-0.2, -0.15) is 0 Å². The second-order valence-electron chi connectivity index (χ2n) is 3.91. The molecule has 0 bridgehead atoms. The fourth-order valence-electron chi connectivity index (χ4n) is 1.66. The van der Waals surface area contributed by atoms with E-state index in [4.69, 9.17) is 16.7 Å². The maximum absolute atomic E-state index is 12.4. The highest BCUT2D eigenvalue weighted by Gasteiger charge is 2.32. The van der Waals surface area contributed by atoms with Gasteiger partial charge < -0.3 is 9.84 Å². The summed E-state index contributed by atoms with van der Waals surface area (Å²) in [6, 6.07) is 6.40. The highest BCUT2D eigenvalue weighted by molar-refractivity contribution is 6.32. The van der Waals surface area contributed by atoms with Gasteiger partial charge in [0.2, 0.25) is 0 Å². The lowest BCUT2D eigenvalue weighted by molar-refractivity contribution is -0.274. The fourth-order valence-corrected chi connectivity index (χ4v) is 1.86. The Morgan fingerprint density at radius 3 is 2.52 bits per heavy atom. The van der Waals surface area contributed by atoms with E-state index in [1.807, 2.05) is 0 Å². The van der Waals surface area contributed by atoms with Crippen LogP contribution in [0.5, 0.6) is 5.75 Å². The van der Waals surface area contributed by atoms with Crippen molar-refractivity contribution in [3.05, 3.63) is 47.2 Å². The van der Waals surface area contributed by atoms with Gasteiger partial charge in [-0.25, -0.2) is 9.78 Å². The molecule has 1 N–H and O–H groups in total. The van der Waals surface area contributed by atoms with Gasteiger partial charge in [-0.1, -0.05) is 29.8 Å². The molecule has 0 spiro atoms. The molecule has 21 heavy (non-hydrogen) atoms. The zero-order valence-electron chi connectivity index (χ0n) is 10.2. The molecule has 0 saturated carbocycles. The number of rotatable bonds is 3. The number of benzene rings is 1. The average molecular weight is 318 g/mol. The molecule has 1 aromatic carbocycles. The Hall–Kier alpha value is -2.28. The van der Waals surface area contributed by atoms with Gasteiger partial charge in [0.1, 0.15) is 10.9 Å². The maximum atomic E-state index is 12.4. The molecule has 0 amide bonds. The van der Waals surface area contributed by atoms with E-state index in [-0.39, 0.29) is 21.8 Å². The third-order valence-electron chi connectivity index (χ3n) is 2.49. The molecule has 110 valence electrons. The van der Waals surface area contributed by atoms with Crippen LogP contribution in [0.2, 0.25) is 5.15 Å². The molecule has 0 unspecified atom stereocenters. The summed E-state index contributed by atoms with van der Waals surface area (Å²) < 4.78 is 41.0. The van der Waals surface area contributed by atoms with Crippen LogP contribution in [0.25, 0.3) is 11.1 Å². The Morgan fingerprint density at radius 2 is 1.90 bits per heavy atom. The highest BCUT2D eigenvalue weighted by Crippen LogP contribution is 2.36. The lowest BCUT2D eigenvalue weighted by Gasteiger charge is -2.14. The third-order valence-corrected chi connectivity index (χ3v) is 2.79. The van der Waals surface area contributed by atoms with Gasteiger partial charge in [-0.15, -0.1) is 13.2 Å². The predicted octanol–water partition coefficient (Wildman–Crippen LogP) is 4.00. The van der Waals surface area contributed by atoms with E-state index in [1.165, 1.54) is 18.2 Å². The number of aromatic carboxylic acids is 1. The molecule has 1 heterocycles. The number of ether oxygens (including phenoxy) is 1. The van der Waals surface area contributed by atoms with Crippen LogP contribution in [0, 0.1) is 0 Å². The quantitative estimate of drug-likeness (QED) is 0.869. The van der Waals surface area contributed by atoms with Gasteiger partial charge in [0.05, 0.1) is 5.56 Å². The number of hydrogen-bond donors (Lipinski definition) is 1. The SMILES string of the molecule is O=C(O)c1cnc(Cl)c(-c2ccccc2OC(F)(F)F)c1. The molecule has 4 nitrogen and oxygen atoms in total. The van der Waals surface area contributed by atoms with E-state index >= 15 is 0 Å². The summed E-state index contributed by atoms with van der Waals surface area (Å²) in [6.45, 7) is 0. The number of hydrogen-bond acceptors (Lipinski definition) is 3. The third kappa shape index (κ3) is 3.63. The summed E-state index contributed by atoms with van der Waals surface area (Å²) in [5.41, 5.74) is -0.164. The Bertz CT molecular complexity index is 689. The summed E-state index contributed by atoms with van der Waals surface area (Å²) >= 11 is 5.84. The number of nitrogens with zero attached hydrogens (tertiary/aromatic N) is 1. The predicted molar refractivity (Wildman–Crippen MR) is 68.3 cm³/mol. The summed E-state index contributed by atoms with van der Waals surface area (Å²) in [5, 5.41) is 8.78. The van der Waals surface area contributed by atoms with Crippen LogP contribution in [-0.2, 0) is 0 Å². The van der Waals surface area contributed by atoms with Crippen LogP contribution in [0.15, 0.2) is 36.5 Å². The number of carboxylic acid groups (broad SMARTS) is 1. The van der Waals surface area contributed by atoms with E-state index in [9.17, 15) is 18.0 Å². The molecule has 2 aromatic rings. The minimum absolute atomic E-state index is 0.00424. The number of aromatic nitrogens is 1. The van der Waals surface area contributed by atoms with Gasteiger partial charge in [0.15, 0.2) is 0 Å². The standard InChI is InChI=1S/C13H7ClF3NO3/c14-11-9(5-7(6-18-11)12(19)20)8-3-1-2-4-10(8)21-13(15,16)17/h1-6H,(H,19,20). The topological polar surface area (TPSA) is 59.4 Å². The molecular formula is C13H7ClF3NO3. The summed E-state index contributed by atoms with van der Waals surface area (Å²) in [6.07, 6.45) is -3.86. The molecular weight excluding hydrogens is 311 g/mol. The Morgan fingerprint density at radius 1 is 1.24 bits per heavy atom. The molecule has 0 fully saturated rings. The zero-order chi connectivity index (χ0) is 15.6. The van der Waals surface area contributed by atoms with Gasteiger partial charge in [0.25, 0.3) is 0 Å². The second-order valence-corrected chi connectivity index (χ2v) is 4.27. The molecule has 0 aliphatic rings. The first-order chi connectivity index (χ1) is 9.78. The number of alkyl halides is 3. The van der Waals surface area contributed by atoms with E-state index in [0.29, 0.717) is 0 Å². The monoisotopic (exact) mass is 317 g/mol. The number of para-hydroxylation sites is 1. The molecule has 1 aromatic heterocycles. The fraction of sp³-hybridized carbons (Fsp3) is 0.0769. The van der Waals surface area contributed by atoms with Gasteiger partial charge in [-0.3, -0.25) is 0 Å². The second kappa shape index (κ2) is 5.61. The van der Waals surface area contributed by atoms with Crippen LogP contribution >= 0.6 is 11.6 Å². The van der Waals surface area contributed by atoms with Crippen molar-refractivity contribution in [2.24, 2.45) is 0 Å². The van der Waals surface area contributed by atoms with E-state index < -0.39 is 18.1 Å². The van der Waals surface area contributed by atoms with Crippen molar-refractivity contribution in [2.45, 2.75) is 6.36 Å². The van der Waals surface area contributed by atoms with Crippen LogP contribution < -0.4 is 4.74 Å². The highest BCUT2D eigenvalue weighted by atomic mass is 35.5. The molecule has 2 rings (SSSR count). The summed E-state index contributed by atoms with van der Waals surface area (Å²) in [4.78, 5) is 14.6. The smallest absolute Gasteiger partial charge is 0.478 e. The molecule has 0 saturated heterocycles. The van der Waals surface area contributed by atoms with E-state index in [0.717, 1.165) is 18.3 Å². The number of carbonyl (C=O) groups is 1. The zero-order valence-corrected chi connectivity index (χ0v) is 10.9. The summed E-state index contributed by atoms with van der Waals surface area (Å²) in [5.74, 6) is -1.76. The van der Waals surface area contributed by atoms with Crippen molar-refractivity contribution >= 4 is 17.6 Å². The van der Waals surface area contributed by atoms with Crippen molar-refractivity contribution < 1.29 is 27.8 Å². The summed E-state index contributed by atoms with van der Waals surface area (Å²) in [7, 11) is 0. The first-order valence-electron chi connectivity index (χ1n) is 5.52. The molecule has 0 aliphatic heterocycles. The van der Waals surface area contributed by atoms with Crippen LogP contribution in [-0.4, -0.2) is 22.4 Å². The lowest BCUT2D eigenvalue weighted by atomic mass is 10.0. The van der Waals surface area contributed by atoms with E-state index in [2.05, 4.69) is 9.72 Å². The molecule has 0 radical (unpaired) electrons. The van der Waals surface area contributed by atoms with Crippen molar-refractivity contribution in [3.8, 4) is 16.9 Å². The number of carboxylic acids is 1. The minimum Gasteiger partial charge on any atom is -0.478 e. The molecule has 0 atom stereocenters. The number of pyridine rings is 1. The van der Waals surface area contributed by atoms with Crippen LogP contribution in [0.4, 0.5) is 13.2 Å². The van der Waals surface area contributed by atoms with Crippen molar-refractivity contribution in [2.75, 3.05) is 0 Å². The van der Waals surface area contributed by atoms with Crippen molar-refractivity contribution in [1.82, 2.24) is 4.98 Å². The van der Waals surface area contributed by atoms with Gasteiger partial charge >= 0.3 is 12.3 Å². The molecule has 8 heteroatoms. The average Bonchev–Trinajstić information content (AvgIpc) is 2.38. The van der Waals surface area contributed by atoms with Gasteiger partial charge in [-0.05, 0) is 12.1 Å². The van der Waals surface area contributed by atoms with Crippen LogP contribution in [0.1, 0.15) is 10.4 Å². The Kier molecular flexibility index (Phi) is 4.04. The van der Waals surface area contributed by atoms with Gasteiger partial charge in [0, 0.05) is 17.3 Å². The largest absolute Gasteiger partial charge is 0.573 e. The lowest BCUT2D eigenvalue weighted by Crippen LogP contribution is -2.17. The van der Waals surface area contributed by atoms with E-state index in [1.54, 1.807) is 0 Å². The Balaban J connectivity index is 2.56. The number of halogens is 4. The Labute approximate surface area is 121 Å². The van der Waals surface area contributed by atoms with Crippen molar-refractivity contribution in [3.63, 3.8) is 0 Å². The maximum Gasteiger partial charge on any atom is 0.573 e. The first-order valence-corrected chi connectivity index (χ1v) is 5.90. The van der Waals surface area contributed by atoms with Crippen LogP contribution in [0.3, 0.4) is 0 Å². The first kappa shape index (κ1) is 15.1. The molecule has 0 aliphatic carbocycles.